The van der Waals surface area contributed by atoms with E-state index in [4.69, 9.17) is 4.74 Å². The quantitative estimate of drug-likeness (QED) is 0.584. The summed E-state index contributed by atoms with van der Waals surface area (Å²) in [5.74, 6) is 0.718. The first kappa shape index (κ1) is 17.5. The molecule has 23 heavy (non-hydrogen) atoms. The van der Waals surface area contributed by atoms with Gasteiger partial charge in [-0.15, -0.1) is 0 Å². The van der Waals surface area contributed by atoms with Crippen LogP contribution in [0.15, 0.2) is 36.9 Å². The molecule has 0 radical (unpaired) electrons. The number of carbonyl (C=O) groups excluding carboxylic acids is 1. The molecule has 0 saturated carbocycles. The van der Waals surface area contributed by atoms with Crippen LogP contribution in [0, 0.1) is 0 Å². The summed E-state index contributed by atoms with van der Waals surface area (Å²) in [5, 5.41) is 2.98. The Morgan fingerprint density at radius 1 is 1.26 bits per heavy atom. The predicted octanol–water partition coefficient (Wildman–Crippen LogP) is 1.62. The summed E-state index contributed by atoms with van der Waals surface area (Å²) < 4.78 is 5.40. The molecule has 5 heteroatoms. The largest absolute Gasteiger partial charge is 0.490 e. The molecule has 0 unspecified atom stereocenters. The van der Waals surface area contributed by atoms with Crippen molar-refractivity contribution in [1.29, 1.82) is 0 Å². The van der Waals surface area contributed by atoms with E-state index in [1.165, 1.54) is 0 Å². The van der Waals surface area contributed by atoms with Crippen molar-refractivity contribution < 1.29 is 9.53 Å². The van der Waals surface area contributed by atoms with E-state index >= 15 is 0 Å². The van der Waals surface area contributed by atoms with Gasteiger partial charge in [0.25, 0.3) is 5.91 Å². The third kappa shape index (κ3) is 6.04. The summed E-state index contributed by atoms with van der Waals surface area (Å²) in [5.41, 5.74) is 0.663. The van der Waals surface area contributed by atoms with E-state index in [1.54, 1.807) is 18.2 Å². The predicted molar refractivity (Wildman–Crippen MR) is 93.0 cm³/mol. The van der Waals surface area contributed by atoms with Crippen molar-refractivity contribution in [2.45, 2.75) is 6.42 Å². The Labute approximate surface area is 138 Å². The number of hydrogen-bond acceptors (Lipinski definition) is 4. The van der Waals surface area contributed by atoms with Crippen LogP contribution in [0.3, 0.4) is 0 Å². The zero-order chi connectivity index (χ0) is 16.5. The first-order valence-corrected chi connectivity index (χ1v) is 8.22. The fourth-order valence-corrected chi connectivity index (χ4v) is 2.54. The van der Waals surface area contributed by atoms with Crippen LogP contribution in [0.1, 0.15) is 16.8 Å². The van der Waals surface area contributed by atoms with Gasteiger partial charge in [0.2, 0.25) is 0 Å². The normalized spacial score (nSPS) is 16.0. The number of hydrogen-bond donors (Lipinski definition) is 1. The average Bonchev–Trinajstić information content (AvgIpc) is 2.58. The second kappa shape index (κ2) is 9.33. The Kier molecular flexibility index (Phi) is 7.10. The number of nitrogens with zero attached hydrogens (tertiary/aromatic N) is 2. The van der Waals surface area contributed by atoms with Crippen molar-refractivity contribution in [1.82, 2.24) is 15.1 Å². The molecule has 0 aromatic heterocycles. The maximum absolute atomic E-state index is 12.1. The molecule has 126 valence electrons. The van der Waals surface area contributed by atoms with E-state index < -0.39 is 0 Å². The van der Waals surface area contributed by atoms with Crippen molar-refractivity contribution in [2.24, 2.45) is 0 Å². The second-order valence-electron chi connectivity index (χ2n) is 5.88. The smallest absolute Gasteiger partial charge is 0.251 e. The minimum Gasteiger partial charge on any atom is -0.490 e. The molecule has 1 N–H and O–H groups in total. The first-order valence-electron chi connectivity index (χ1n) is 8.22. The number of rotatable bonds is 8. The monoisotopic (exact) mass is 317 g/mol. The van der Waals surface area contributed by atoms with Crippen molar-refractivity contribution in [2.75, 3.05) is 52.9 Å². The third-order valence-electron chi connectivity index (χ3n) is 4.02. The molecule has 0 aliphatic carbocycles. The summed E-state index contributed by atoms with van der Waals surface area (Å²) in [6.45, 7) is 10.3. The highest BCUT2D eigenvalue weighted by molar-refractivity contribution is 5.94. The van der Waals surface area contributed by atoms with Gasteiger partial charge in [-0.3, -0.25) is 4.79 Å². The highest BCUT2D eigenvalue weighted by Gasteiger charge is 2.13. The van der Waals surface area contributed by atoms with Gasteiger partial charge in [-0.1, -0.05) is 12.7 Å². The number of piperazine rings is 1. The summed E-state index contributed by atoms with van der Waals surface area (Å²) in [7, 11) is 2.16. The molecule has 0 spiro atoms. The lowest BCUT2D eigenvalue weighted by molar-refractivity contribution is 0.0949. The van der Waals surface area contributed by atoms with E-state index in [0.29, 0.717) is 18.7 Å². The Hall–Kier alpha value is -1.85. The highest BCUT2D eigenvalue weighted by Crippen LogP contribution is 2.12. The average molecular weight is 317 g/mol. The van der Waals surface area contributed by atoms with Gasteiger partial charge in [0, 0.05) is 38.3 Å². The molecule has 1 aromatic carbocycles. The number of ether oxygens (including phenoxy) is 1. The molecule has 0 atom stereocenters. The van der Waals surface area contributed by atoms with Gasteiger partial charge in [-0.2, -0.15) is 0 Å². The standard InChI is InChI=1S/C18H27N3O2/c1-3-15-23-17-7-5-16(6-8-17)18(22)19-9-4-10-21-13-11-20(2)12-14-21/h3,5-8H,1,4,9-15H2,2H3,(H,19,22). The Bertz CT molecular complexity index is 493. The van der Waals surface area contributed by atoms with Gasteiger partial charge in [0.05, 0.1) is 0 Å². The van der Waals surface area contributed by atoms with E-state index in [9.17, 15) is 4.79 Å². The number of benzene rings is 1. The third-order valence-corrected chi connectivity index (χ3v) is 4.02. The molecule has 2 rings (SSSR count). The molecule has 1 heterocycles. The van der Waals surface area contributed by atoms with Crippen LogP contribution < -0.4 is 10.1 Å². The van der Waals surface area contributed by atoms with E-state index in [-0.39, 0.29) is 5.91 Å². The Balaban J connectivity index is 1.65. The van der Waals surface area contributed by atoms with Gasteiger partial charge in [-0.05, 0) is 44.3 Å². The molecule has 5 nitrogen and oxygen atoms in total. The fraction of sp³-hybridized carbons (Fsp3) is 0.500. The minimum atomic E-state index is -0.0290. The Morgan fingerprint density at radius 2 is 1.96 bits per heavy atom. The molecular formula is C18H27N3O2. The van der Waals surface area contributed by atoms with Crippen LogP contribution in [0.5, 0.6) is 5.75 Å². The molecular weight excluding hydrogens is 290 g/mol. The van der Waals surface area contributed by atoms with Crippen LogP contribution in [0.2, 0.25) is 0 Å². The van der Waals surface area contributed by atoms with E-state index in [1.807, 2.05) is 12.1 Å². The lowest BCUT2D eigenvalue weighted by Gasteiger charge is -2.32. The van der Waals surface area contributed by atoms with Gasteiger partial charge in [0.15, 0.2) is 0 Å². The van der Waals surface area contributed by atoms with E-state index in [0.717, 1.165) is 44.9 Å². The molecule has 1 saturated heterocycles. The number of nitrogens with one attached hydrogen (secondary N) is 1. The van der Waals surface area contributed by atoms with Gasteiger partial charge < -0.3 is 19.9 Å². The van der Waals surface area contributed by atoms with Crippen LogP contribution in [0.25, 0.3) is 0 Å². The van der Waals surface area contributed by atoms with Crippen LogP contribution in [-0.2, 0) is 0 Å². The SMILES string of the molecule is C=CCOc1ccc(C(=O)NCCCN2CCN(C)CC2)cc1. The zero-order valence-corrected chi connectivity index (χ0v) is 14.0. The maximum Gasteiger partial charge on any atom is 0.251 e. The molecule has 1 amide bonds. The van der Waals surface area contributed by atoms with Crippen molar-refractivity contribution >= 4 is 5.91 Å². The summed E-state index contributed by atoms with van der Waals surface area (Å²) in [6, 6.07) is 7.19. The van der Waals surface area contributed by atoms with Gasteiger partial charge >= 0.3 is 0 Å². The number of carbonyl (C=O) groups is 1. The topological polar surface area (TPSA) is 44.8 Å². The molecule has 0 bridgehead atoms. The molecule has 1 aliphatic rings. The molecule has 1 fully saturated rings. The lowest BCUT2D eigenvalue weighted by Crippen LogP contribution is -2.45. The zero-order valence-electron chi connectivity index (χ0n) is 14.0. The maximum atomic E-state index is 12.1. The number of amides is 1. The molecule has 1 aliphatic heterocycles. The van der Waals surface area contributed by atoms with E-state index in [2.05, 4.69) is 28.7 Å². The highest BCUT2D eigenvalue weighted by atomic mass is 16.5. The minimum absolute atomic E-state index is 0.0290. The Morgan fingerprint density at radius 3 is 2.61 bits per heavy atom. The van der Waals surface area contributed by atoms with Crippen LogP contribution in [0.4, 0.5) is 0 Å². The van der Waals surface area contributed by atoms with Crippen LogP contribution in [-0.4, -0.2) is 68.6 Å². The summed E-state index contributed by atoms with van der Waals surface area (Å²) in [4.78, 5) is 16.9. The fourth-order valence-electron chi connectivity index (χ4n) is 2.54. The summed E-state index contributed by atoms with van der Waals surface area (Å²) in [6.07, 6.45) is 2.68. The van der Waals surface area contributed by atoms with Crippen molar-refractivity contribution in [3.8, 4) is 5.75 Å². The molecule has 1 aromatic rings. The first-order chi connectivity index (χ1) is 11.2. The second-order valence-corrected chi connectivity index (χ2v) is 5.88. The number of likely N-dealkylation sites (N-methyl/N-ethyl adjacent to an activating group) is 1. The summed E-state index contributed by atoms with van der Waals surface area (Å²) >= 11 is 0. The van der Waals surface area contributed by atoms with Gasteiger partial charge in [-0.25, -0.2) is 0 Å². The van der Waals surface area contributed by atoms with Crippen LogP contribution >= 0.6 is 0 Å². The van der Waals surface area contributed by atoms with Crippen molar-refractivity contribution in [3.05, 3.63) is 42.5 Å². The van der Waals surface area contributed by atoms with Gasteiger partial charge in [0.1, 0.15) is 12.4 Å². The van der Waals surface area contributed by atoms with Crippen molar-refractivity contribution in [3.63, 3.8) is 0 Å². The lowest BCUT2D eigenvalue weighted by atomic mass is 10.2.